The molecule has 0 saturated carbocycles. The zero-order valence-corrected chi connectivity index (χ0v) is 20.7. The minimum atomic E-state index is -0.631. The summed E-state index contributed by atoms with van der Waals surface area (Å²) < 4.78 is 24.3. The quantitative estimate of drug-likeness (QED) is 0.485. The number of rotatable bonds is 9. The first-order valence-corrected chi connectivity index (χ1v) is 11.8. The number of amides is 1. The molecule has 1 fully saturated rings. The van der Waals surface area contributed by atoms with E-state index in [0.717, 1.165) is 35.8 Å². The number of carbonyl (C=O) groups is 1. The average Bonchev–Trinajstić information content (AvgIpc) is 3.41. The highest BCUT2D eigenvalue weighted by Gasteiger charge is 2.21. The van der Waals surface area contributed by atoms with Crippen LogP contribution in [0.1, 0.15) is 5.82 Å². The third-order valence-electron chi connectivity index (χ3n) is 5.59. The summed E-state index contributed by atoms with van der Waals surface area (Å²) in [4.78, 5) is 25.9. The SMILES string of the molecule is COCCN(C)Cc1ncc(OC(=O)Nc2nc3c(OC)ccc(N4CCOCC4)c3s2)n1C. The summed E-state index contributed by atoms with van der Waals surface area (Å²) in [7, 11) is 7.07. The Balaban J connectivity index is 1.47. The number of likely N-dealkylation sites (N-methyl/N-ethyl adjacent to an activating group) is 1. The third kappa shape index (κ3) is 5.41. The van der Waals surface area contributed by atoms with E-state index in [9.17, 15) is 4.79 Å². The number of methoxy groups -OCH3 is 2. The maximum absolute atomic E-state index is 12.6. The third-order valence-corrected chi connectivity index (χ3v) is 6.59. The lowest BCUT2D eigenvalue weighted by atomic mass is 10.2. The van der Waals surface area contributed by atoms with Gasteiger partial charge in [-0.2, -0.15) is 0 Å². The van der Waals surface area contributed by atoms with Crippen LogP contribution in [0.3, 0.4) is 0 Å². The Morgan fingerprint density at radius 2 is 2.09 bits per heavy atom. The molecule has 11 nitrogen and oxygen atoms in total. The fourth-order valence-corrected chi connectivity index (χ4v) is 4.70. The molecule has 0 radical (unpaired) electrons. The van der Waals surface area contributed by atoms with Crippen LogP contribution in [0.15, 0.2) is 18.3 Å². The number of morpholine rings is 1. The van der Waals surface area contributed by atoms with Gasteiger partial charge in [0.15, 0.2) is 5.13 Å². The minimum Gasteiger partial charge on any atom is -0.494 e. The van der Waals surface area contributed by atoms with Crippen molar-refractivity contribution >= 4 is 38.5 Å². The number of anilines is 2. The molecule has 1 aliphatic heterocycles. The van der Waals surface area contributed by atoms with Gasteiger partial charge in [-0.1, -0.05) is 11.3 Å². The summed E-state index contributed by atoms with van der Waals surface area (Å²) in [6.45, 7) is 4.96. The summed E-state index contributed by atoms with van der Waals surface area (Å²) in [5.41, 5.74) is 1.75. The number of nitrogens with one attached hydrogen (secondary N) is 1. The van der Waals surface area contributed by atoms with E-state index in [1.54, 1.807) is 18.8 Å². The zero-order valence-electron chi connectivity index (χ0n) is 19.9. The Kier molecular flexibility index (Phi) is 7.83. The molecule has 2 aromatic heterocycles. The molecule has 184 valence electrons. The van der Waals surface area contributed by atoms with E-state index in [4.69, 9.17) is 18.9 Å². The number of thiazole rings is 1. The van der Waals surface area contributed by atoms with E-state index in [1.165, 1.54) is 17.5 Å². The average molecular weight is 491 g/mol. The van der Waals surface area contributed by atoms with E-state index < -0.39 is 6.09 Å². The largest absolute Gasteiger partial charge is 0.494 e. The second kappa shape index (κ2) is 11.0. The first-order valence-electron chi connectivity index (χ1n) is 11.0. The second-order valence-corrected chi connectivity index (χ2v) is 8.90. The topological polar surface area (TPSA) is 103 Å². The number of carbonyl (C=O) groups excluding carboxylic acids is 1. The predicted octanol–water partition coefficient (Wildman–Crippen LogP) is 2.56. The molecule has 1 saturated heterocycles. The molecule has 0 atom stereocenters. The number of benzene rings is 1. The zero-order chi connectivity index (χ0) is 24.1. The Morgan fingerprint density at radius 1 is 1.29 bits per heavy atom. The van der Waals surface area contributed by atoms with Crippen molar-refractivity contribution in [1.82, 2.24) is 19.4 Å². The summed E-state index contributed by atoms with van der Waals surface area (Å²) in [5, 5.41) is 3.18. The molecule has 1 aromatic carbocycles. The summed E-state index contributed by atoms with van der Waals surface area (Å²) in [6.07, 6.45) is 0.907. The Bertz CT molecular complexity index is 1130. The molecular formula is C22H30N6O5S. The van der Waals surface area contributed by atoms with Gasteiger partial charge in [-0.05, 0) is 19.2 Å². The maximum atomic E-state index is 12.6. The van der Waals surface area contributed by atoms with Crippen molar-refractivity contribution < 1.29 is 23.7 Å². The van der Waals surface area contributed by atoms with Crippen molar-refractivity contribution in [3.8, 4) is 11.6 Å². The molecule has 0 spiro atoms. The van der Waals surface area contributed by atoms with Gasteiger partial charge in [-0.15, -0.1) is 0 Å². The highest BCUT2D eigenvalue weighted by atomic mass is 32.1. The van der Waals surface area contributed by atoms with Crippen LogP contribution in [-0.4, -0.2) is 86.3 Å². The van der Waals surface area contributed by atoms with Crippen LogP contribution >= 0.6 is 11.3 Å². The first-order chi connectivity index (χ1) is 16.5. The van der Waals surface area contributed by atoms with Crippen molar-refractivity contribution in [2.45, 2.75) is 6.54 Å². The van der Waals surface area contributed by atoms with Gasteiger partial charge in [0.2, 0.25) is 5.88 Å². The van der Waals surface area contributed by atoms with Gasteiger partial charge in [0, 0.05) is 33.8 Å². The summed E-state index contributed by atoms with van der Waals surface area (Å²) in [6, 6.07) is 3.92. The summed E-state index contributed by atoms with van der Waals surface area (Å²) in [5.74, 6) is 1.78. The van der Waals surface area contributed by atoms with Crippen LogP contribution in [0.5, 0.6) is 11.6 Å². The van der Waals surface area contributed by atoms with Crippen molar-refractivity contribution in [2.75, 3.05) is 70.9 Å². The fraction of sp³-hybridized carbons (Fsp3) is 0.500. The number of hydrogen-bond acceptors (Lipinski definition) is 10. The molecule has 0 bridgehead atoms. The molecule has 1 aliphatic rings. The van der Waals surface area contributed by atoms with Crippen LogP contribution in [0.25, 0.3) is 10.2 Å². The summed E-state index contributed by atoms with van der Waals surface area (Å²) >= 11 is 1.38. The van der Waals surface area contributed by atoms with Gasteiger partial charge in [-0.3, -0.25) is 10.2 Å². The molecular weight excluding hydrogens is 460 g/mol. The van der Waals surface area contributed by atoms with E-state index in [-0.39, 0.29) is 0 Å². The van der Waals surface area contributed by atoms with Crippen LogP contribution in [-0.2, 0) is 23.1 Å². The Morgan fingerprint density at radius 3 is 2.82 bits per heavy atom. The molecule has 1 N–H and O–H groups in total. The number of ether oxygens (including phenoxy) is 4. The minimum absolute atomic E-state index is 0.348. The van der Waals surface area contributed by atoms with Crippen molar-refractivity contribution in [1.29, 1.82) is 0 Å². The maximum Gasteiger partial charge on any atom is 0.420 e. The highest BCUT2D eigenvalue weighted by molar-refractivity contribution is 7.23. The van der Waals surface area contributed by atoms with Gasteiger partial charge in [0.1, 0.15) is 17.1 Å². The lowest BCUT2D eigenvalue weighted by molar-refractivity contribution is 0.123. The molecule has 12 heteroatoms. The molecule has 1 amide bonds. The standard InChI is InChI=1S/C22H30N6O5S/c1-26(7-10-30-3)14-17-23-13-18(27(17)2)33-22(29)25-21-24-19-16(31-4)6-5-15(20(19)34-21)28-8-11-32-12-9-28/h5-6,13H,7-12,14H2,1-4H3,(H,24,25,29). The van der Waals surface area contributed by atoms with Gasteiger partial charge < -0.3 is 28.4 Å². The van der Waals surface area contributed by atoms with Crippen LogP contribution in [0.4, 0.5) is 15.6 Å². The van der Waals surface area contributed by atoms with Crippen molar-refractivity contribution in [3.63, 3.8) is 0 Å². The Hall–Kier alpha value is -2.93. The predicted molar refractivity (Wildman–Crippen MR) is 130 cm³/mol. The van der Waals surface area contributed by atoms with Gasteiger partial charge in [-0.25, -0.2) is 14.8 Å². The fourth-order valence-electron chi connectivity index (χ4n) is 3.69. The smallest absolute Gasteiger partial charge is 0.420 e. The molecule has 0 aliphatic carbocycles. The number of fused-ring (bicyclic) bond motifs is 1. The van der Waals surface area contributed by atoms with Crippen LogP contribution in [0, 0.1) is 0 Å². The lowest BCUT2D eigenvalue weighted by Crippen LogP contribution is -2.36. The first kappa shape index (κ1) is 24.2. The normalized spacial score (nSPS) is 14.1. The van der Waals surface area contributed by atoms with Crippen molar-refractivity contribution in [2.24, 2.45) is 7.05 Å². The Labute approximate surface area is 202 Å². The number of aromatic nitrogens is 3. The highest BCUT2D eigenvalue weighted by Crippen LogP contribution is 2.39. The van der Waals surface area contributed by atoms with Gasteiger partial charge in [0.05, 0.1) is 50.1 Å². The van der Waals surface area contributed by atoms with E-state index >= 15 is 0 Å². The molecule has 34 heavy (non-hydrogen) atoms. The number of imidazole rings is 1. The van der Waals surface area contributed by atoms with E-state index in [0.29, 0.717) is 48.6 Å². The molecule has 4 rings (SSSR count). The van der Waals surface area contributed by atoms with Crippen molar-refractivity contribution in [3.05, 3.63) is 24.2 Å². The van der Waals surface area contributed by atoms with Gasteiger partial charge >= 0.3 is 6.09 Å². The molecule has 0 unspecified atom stereocenters. The number of hydrogen-bond donors (Lipinski definition) is 1. The van der Waals surface area contributed by atoms with Gasteiger partial charge in [0.25, 0.3) is 0 Å². The second-order valence-electron chi connectivity index (χ2n) is 7.90. The molecule has 3 heterocycles. The monoisotopic (exact) mass is 490 g/mol. The van der Waals surface area contributed by atoms with Crippen LogP contribution in [0.2, 0.25) is 0 Å². The van der Waals surface area contributed by atoms with E-state index in [2.05, 4.69) is 25.1 Å². The molecule has 3 aromatic rings. The lowest BCUT2D eigenvalue weighted by Gasteiger charge is -2.29. The van der Waals surface area contributed by atoms with Crippen LogP contribution < -0.4 is 19.7 Å². The van der Waals surface area contributed by atoms with E-state index in [1.807, 2.05) is 26.2 Å². The number of nitrogens with zero attached hydrogens (tertiary/aromatic N) is 5.